The van der Waals surface area contributed by atoms with Gasteiger partial charge in [-0.05, 0) is 31.0 Å². The molecule has 96 valence electrons. The highest BCUT2D eigenvalue weighted by atomic mass is 35.5. The first kappa shape index (κ1) is 14.6. The van der Waals surface area contributed by atoms with E-state index in [1.165, 1.54) is 12.1 Å². The lowest BCUT2D eigenvalue weighted by atomic mass is 10.0. The van der Waals surface area contributed by atoms with Gasteiger partial charge in [-0.1, -0.05) is 23.2 Å². The van der Waals surface area contributed by atoms with Crippen molar-refractivity contribution in [3.05, 3.63) is 33.8 Å². The molecule has 1 N–H and O–H groups in total. The summed E-state index contributed by atoms with van der Waals surface area (Å²) in [5, 5.41) is 10.4. The molecule has 0 heterocycles. The molecule has 0 radical (unpaired) electrons. The van der Waals surface area contributed by atoms with Crippen molar-refractivity contribution in [1.82, 2.24) is 0 Å². The standard InChI is InChI=1S/C11H11Cl2F3O/c12-7-3-4-9(13)8(6-7)10(17)2-1-5-11(14,15)16/h3-4,6,10,17H,1-2,5H2. The lowest BCUT2D eigenvalue weighted by Gasteiger charge is -2.13. The van der Waals surface area contributed by atoms with Crippen LogP contribution < -0.4 is 0 Å². The van der Waals surface area contributed by atoms with E-state index in [4.69, 9.17) is 23.2 Å². The van der Waals surface area contributed by atoms with Gasteiger partial charge in [0, 0.05) is 22.0 Å². The van der Waals surface area contributed by atoms with Crippen LogP contribution in [0.5, 0.6) is 0 Å². The van der Waals surface area contributed by atoms with Crippen molar-refractivity contribution in [1.29, 1.82) is 0 Å². The van der Waals surface area contributed by atoms with Crippen LogP contribution in [0.3, 0.4) is 0 Å². The van der Waals surface area contributed by atoms with E-state index in [0.717, 1.165) is 0 Å². The smallest absolute Gasteiger partial charge is 0.388 e. The van der Waals surface area contributed by atoms with Crippen molar-refractivity contribution in [3.63, 3.8) is 0 Å². The fourth-order valence-electron chi connectivity index (χ4n) is 1.42. The molecule has 1 aromatic carbocycles. The van der Waals surface area contributed by atoms with Crippen LogP contribution in [0.4, 0.5) is 13.2 Å². The molecular weight excluding hydrogens is 276 g/mol. The largest absolute Gasteiger partial charge is 0.389 e. The second-order valence-electron chi connectivity index (χ2n) is 3.69. The highest BCUT2D eigenvalue weighted by molar-refractivity contribution is 6.33. The monoisotopic (exact) mass is 286 g/mol. The molecule has 1 aromatic rings. The lowest BCUT2D eigenvalue weighted by molar-refractivity contribution is -0.136. The van der Waals surface area contributed by atoms with Crippen LogP contribution in [-0.4, -0.2) is 11.3 Å². The van der Waals surface area contributed by atoms with Gasteiger partial charge >= 0.3 is 6.18 Å². The van der Waals surface area contributed by atoms with Crippen molar-refractivity contribution in [2.75, 3.05) is 0 Å². The molecule has 0 fully saturated rings. The summed E-state index contributed by atoms with van der Waals surface area (Å²) < 4.78 is 35.8. The van der Waals surface area contributed by atoms with Crippen LogP contribution in [0.25, 0.3) is 0 Å². The molecular formula is C11H11Cl2F3O. The van der Waals surface area contributed by atoms with Gasteiger partial charge in [0.15, 0.2) is 0 Å². The Hall–Kier alpha value is -0.450. The highest BCUT2D eigenvalue weighted by Crippen LogP contribution is 2.31. The Morgan fingerprint density at radius 1 is 1.24 bits per heavy atom. The third-order valence-corrected chi connectivity index (χ3v) is 2.83. The van der Waals surface area contributed by atoms with Crippen LogP contribution in [0.2, 0.25) is 10.0 Å². The van der Waals surface area contributed by atoms with Crippen LogP contribution in [-0.2, 0) is 0 Å². The normalized spacial score (nSPS) is 13.8. The number of alkyl halides is 3. The van der Waals surface area contributed by atoms with Crippen LogP contribution in [0.1, 0.15) is 30.9 Å². The first-order valence-corrected chi connectivity index (χ1v) is 5.75. The summed E-state index contributed by atoms with van der Waals surface area (Å²) >= 11 is 11.5. The van der Waals surface area contributed by atoms with Crippen molar-refractivity contribution in [2.24, 2.45) is 0 Å². The predicted octanol–water partition coefficient (Wildman–Crippen LogP) is 4.76. The third-order valence-electron chi connectivity index (χ3n) is 2.25. The van der Waals surface area contributed by atoms with Gasteiger partial charge in [-0.2, -0.15) is 13.2 Å². The van der Waals surface area contributed by atoms with Gasteiger partial charge in [0.2, 0.25) is 0 Å². The summed E-state index contributed by atoms with van der Waals surface area (Å²) in [5.74, 6) is 0. The van der Waals surface area contributed by atoms with E-state index in [9.17, 15) is 18.3 Å². The molecule has 0 aliphatic rings. The second kappa shape index (κ2) is 5.94. The van der Waals surface area contributed by atoms with Crippen molar-refractivity contribution >= 4 is 23.2 Å². The van der Waals surface area contributed by atoms with E-state index in [1.807, 2.05) is 0 Å². The Bertz CT molecular complexity index is 379. The van der Waals surface area contributed by atoms with E-state index < -0.39 is 18.7 Å². The number of rotatable bonds is 4. The highest BCUT2D eigenvalue weighted by Gasteiger charge is 2.26. The van der Waals surface area contributed by atoms with Crippen molar-refractivity contribution < 1.29 is 18.3 Å². The van der Waals surface area contributed by atoms with Gasteiger partial charge in [-0.25, -0.2) is 0 Å². The number of aliphatic hydroxyl groups is 1. The maximum atomic E-state index is 11.9. The van der Waals surface area contributed by atoms with Crippen molar-refractivity contribution in [2.45, 2.75) is 31.5 Å². The Labute approximate surface area is 107 Å². The Morgan fingerprint density at radius 2 is 1.88 bits per heavy atom. The summed E-state index contributed by atoms with van der Waals surface area (Å²) in [6.07, 6.45) is -6.28. The topological polar surface area (TPSA) is 20.2 Å². The van der Waals surface area contributed by atoms with Gasteiger partial charge in [-0.3, -0.25) is 0 Å². The van der Waals surface area contributed by atoms with E-state index >= 15 is 0 Å². The molecule has 1 atom stereocenters. The molecule has 1 unspecified atom stereocenters. The molecule has 0 bridgehead atoms. The summed E-state index contributed by atoms with van der Waals surface area (Å²) in [5.41, 5.74) is 0.362. The minimum absolute atomic E-state index is 0.000424. The first-order chi connectivity index (χ1) is 7.79. The van der Waals surface area contributed by atoms with Crippen LogP contribution >= 0.6 is 23.2 Å². The molecule has 0 aliphatic carbocycles. The summed E-state index contributed by atoms with van der Waals surface area (Å²) in [7, 11) is 0. The maximum Gasteiger partial charge on any atom is 0.389 e. The van der Waals surface area contributed by atoms with E-state index in [0.29, 0.717) is 15.6 Å². The quantitative estimate of drug-likeness (QED) is 0.846. The van der Waals surface area contributed by atoms with Gasteiger partial charge in [0.1, 0.15) is 0 Å². The zero-order valence-corrected chi connectivity index (χ0v) is 10.3. The summed E-state index contributed by atoms with van der Waals surface area (Å²) in [4.78, 5) is 0. The average molecular weight is 287 g/mol. The first-order valence-electron chi connectivity index (χ1n) is 4.99. The molecule has 0 saturated carbocycles. The zero-order chi connectivity index (χ0) is 13.1. The number of halogens is 5. The number of hydrogen-bond acceptors (Lipinski definition) is 1. The van der Waals surface area contributed by atoms with Gasteiger partial charge < -0.3 is 5.11 Å². The number of benzene rings is 1. The van der Waals surface area contributed by atoms with Crippen molar-refractivity contribution in [3.8, 4) is 0 Å². The summed E-state index contributed by atoms with van der Waals surface area (Å²) in [6.45, 7) is 0. The molecule has 0 saturated heterocycles. The molecule has 0 aromatic heterocycles. The lowest BCUT2D eigenvalue weighted by Crippen LogP contribution is -2.08. The average Bonchev–Trinajstić information content (AvgIpc) is 2.19. The molecule has 0 spiro atoms. The van der Waals surface area contributed by atoms with Gasteiger partial charge in [-0.15, -0.1) is 0 Å². The minimum Gasteiger partial charge on any atom is -0.388 e. The summed E-state index contributed by atoms with van der Waals surface area (Å²) in [6, 6.07) is 4.52. The molecule has 0 aliphatic heterocycles. The van der Waals surface area contributed by atoms with Gasteiger partial charge in [0.25, 0.3) is 0 Å². The molecule has 1 nitrogen and oxygen atoms in total. The predicted molar refractivity (Wildman–Crippen MR) is 61.3 cm³/mol. The van der Waals surface area contributed by atoms with Crippen LogP contribution in [0, 0.1) is 0 Å². The molecule has 0 amide bonds. The third kappa shape index (κ3) is 5.15. The second-order valence-corrected chi connectivity index (χ2v) is 4.53. The Kier molecular flexibility index (Phi) is 5.10. The molecule has 17 heavy (non-hydrogen) atoms. The Morgan fingerprint density at radius 3 is 2.47 bits per heavy atom. The van der Waals surface area contributed by atoms with E-state index in [-0.39, 0.29) is 12.8 Å². The van der Waals surface area contributed by atoms with E-state index in [1.54, 1.807) is 6.07 Å². The number of aliphatic hydroxyl groups excluding tert-OH is 1. The maximum absolute atomic E-state index is 11.9. The van der Waals surface area contributed by atoms with Gasteiger partial charge in [0.05, 0.1) is 6.10 Å². The number of hydrogen-bond donors (Lipinski definition) is 1. The van der Waals surface area contributed by atoms with Crippen LogP contribution in [0.15, 0.2) is 18.2 Å². The SMILES string of the molecule is OC(CCCC(F)(F)F)c1cc(Cl)ccc1Cl. The van der Waals surface area contributed by atoms with E-state index in [2.05, 4.69) is 0 Å². The molecule has 6 heteroatoms. The Balaban J connectivity index is 2.58. The fourth-order valence-corrected chi connectivity index (χ4v) is 1.85. The zero-order valence-electron chi connectivity index (χ0n) is 8.77. The molecule has 1 rings (SSSR count). The minimum atomic E-state index is -4.20. The fraction of sp³-hybridized carbons (Fsp3) is 0.455.